The molecule has 2 rings (SSSR count). The molecule has 0 aliphatic heterocycles. The normalized spacial score (nSPS) is 14.3. The molecule has 1 aromatic rings. The number of hydrogen-bond acceptors (Lipinski definition) is 5. The van der Waals surface area contributed by atoms with Crippen LogP contribution < -0.4 is 10.6 Å². The van der Waals surface area contributed by atoms with Crippen molar-refractivity contribution in [2.24, 2.45) is 5.92 Å². The van der Waals surface area contributed by atoms with Crippen molar-refractivity contribution in [2.45, 2.75) is 71.8 Å². The highest BCUT2D eigenvalue weighted by atomic mass is 32.1. The van der Waals surface area contributed by atoms with Crippen molar-refractivity contribution in [1.82, 2.24) is 15.2 Å². The molecule has 2 N–H and O–H groups in total. The highest BCUT2D eigenvalue weighted by Gasteiger charge is 2.22. The summed E-state index contributed by atoms with van der Waals surface area (Å²) in [4.78, 5) is 42.8. The molecule has 1 heterocycles. The molecule has 7 nitrogen and oxygen atoms in total. The van der Waals surface area contributed by atoms with E-state index in [1.807, 2.05) is 12.3 Å². The van der Waals surface area contributed by atoms with Crippen LogP contribution in [0.2, 0.25) is 0 Å². The van der Waals surface area contributed by atoms with Gasteiger partial charge in [0.25, 0.3) is 0 Å². The van der Waals surface area contributed by atoms with E-state index in [4.69, 9.17) is 0 Å². The van der Waals surface area contributed by atoms with Gasteiger partial charge in [0.2, 0.25) is 17.7 Å². The van der Waals surface area contributed by atoms with Gasteiger partial charge in [0.05, 0.1) is 12.2 Å². The molecule has 1 aliphatic carbocycles. The number of carbonyl (C=O) groups is 3. The smallest absolute Gasteiger partial charge is 0.239 e. The Labute approximate surface area is 171 Å². The largest absolute Gasteiger partial charge is 0.352 e. The van der Waals surface area contributed by atoms with Crippen LogP contribution >= 0.6 is 11.3 Å². The number of anilines is 1. The minimum atomic E-state index is -0.234. The summed E-state index contributed by atoms with van der Waals surface area (Å²) in [5, 5.41) is 8.15. The summed E-state index contributed by atoms with van der Waals surface area (Å²) in [6.45, 7) is 6.63. The molecule has 0 radical (unpaired) electrons. The maximum absolute atomic E-state index is 12.6. The van der Waals surface area contributed by atoms with Gasteiger partial charge in [-0.1, -0.05) is 26.7 Å². The van der Waals surface area contributed by atoms with E-state index in [9.17, 15) is 14.4 Å². The van der Waals surface area contributed by atoms with Crippen LogP contribution in [0.5, 0.6) is 0 Å². The van der Waals surface area contributed by atoms with E-state index in [0.717, 1.165) is 37.8 Å². The average Bonchev–Trinajstić information content (AvgIpc) is 3.28. The van der Waals surface area contributed by atoms with E-state index < -0.39 is 0 Å². The fourth-order valence-corrected chi connectivity index (χ4v) is 3.90. The van der Waals surface area contributed by atoms with Crippen LogP contribution in [0.25, 0.3) is 0 Å². The molecule has 8 heteroatoms. The number of hydrogen-bond donors (Lipinski definition) is 2. The van der Waals surface area contributed by atoms with Crippen LogP contribution in [0.15, 0.2) is 5.38 Å². The van der Waals surface area contributed by atoms with E-state index in [2.05, 4.69) is 29.5 Å². The Morgan fingerprint density at radius 2 is 1.93 bits per heavy atom. The minimum absolute atomic E-state index is 0.0648. The lowest BCUT2D eigenvalue weighted by Gasteiger charge is -2.24. The van der Waals surface area contributed by atoms with E-state index in [1.165, 1.54) is 11.3 Å². The second kappa shape index (κ2) is 11.1. The van der Waals surface area contributed by atoms with E-state index in [1.54, 1.807) is 4.90 Å². The van der Waals surface area contributed by atoms with Crippen molar-refractivity contribution < 1.29 is 14.4 Å². The first kappa shape index (κ1) is 22.3. The number of carbonyl (C=O) groups excluding carboxylic acids is 3. The Morgan fingerprint density at radius 3 is 2.54 bits per heavy atom. The molecule has 1 fully saturated rings. The number of nitrogens with zero attached hydrogens (tertiary/aromatic N) is 2. The third-order valence-electron chi connectivity index (χ3n) is 4.82. The lowest BCUT2D eigenvalue weighted by molar-refractivity contribution is -0.137. The molecule has 0 saturated heterocycles. The Morgan fingerprint density at radius 1 is 1.21 bits per heavy atom. The zero-order valence-electron chi connectivity index (χ0n) is 17.1. The lowest BCUT2D eigenvalue weighted by Crippen LogP contribution is -2.44. The van der Waals surface area contributed by atoms with E-state index >= 15 is 0 Å². The number of rotatable bonds is 10. The van der Waals surface area contributed by atoms with E-state index in [-0.39, 0.29) is 43.1 Å². The summed E-state index contributed by atoms with van der Waals surface area (Å²) in [7, 11) is 0. The quantitative estimate of drug-likeness (QED) is 0.622. The van der Waals surface area contributed by atoms with Crippen molar-refractivity contribution in [3.05, 3.63) is 11.1 Å². The average molecular weight is 409 g/mol. The molecular formula is C20H32N4O3S. The Kier molecular flexibility index (Phi) is 8.89. The summed E-state index contributed by atoms with van der Waals surface area (Å²) < 4.78 is 0. The Hall–Kier alpha value is -1.96. The van der Waals surface area contributed by atoms with Gasteiger partial charge >= 0.3 is 0 Å². The first-order valence-electron chi connectivity index (χ1n) is 10.1. The molecule has 1 aliphatic rings. The summed E-state index contributed by atoms with van der Waals surface area (Å²) >= 11 is 1.36. The van der Waals surface area contributed by atoms with Crippen molar-refractivity contribution in [3.8, 4) is 0 Å². The summed E-state index contributed by atoms with van der Waals surface area (Å²) in [5.41, 5.74) is 0.851. The van der Waals surface area contributed by atoms with Crippen LogP contribution in [0.1, 0.15) is 64.5 Å². The maximum atomic E-state index is 12.6. The van der Waals surface area contributed by atoms with Crippen LogP contribution in [-0.2, 0) is 14.4 Å². The van der Waals surface area contributed by atoms with Gasteiger partial charge in [-0.2, -0.15) is 0 Å². The van der Waals surface area contributed by atoms with Gasteiger partial charge < -0.3 is 15.5 Å². The van der Waals surface area contributed by atoms with Crippen molar-refractivity contribution in [2.75, 3.05) is 18.4 Å². The van der Waals surface area contributed by atoms with Gasteiger partial charge in [-0.25, -0.2) is 4.98 Å². The zero-order chi connectivity index (χ0) is 20.5. The van der Waals surface area contributed by atoms with Crippen molar-refractivity contribution in [3.63, 3.8) is 0 Å². The first-order chi connectivity index (χ1) is 13.3. The van der Waals surface area contributed by atoms with Crippen molar-refractivity contribution >= 4 is 34.2 Å². The highest BCUT2D eigenvalue weighted by molar-refractivity contribution is 7.13. The number of thiazole rings is 1. The van der Waals surface area contributed by atoms with Crippen LogP contribution in [-0.4, -0.2) is 46.7 Å². The second-order valence-electron chi connectivity index (χ2n) is 7.89. The summed E-state index contributed by atoms with van der Waals surface area (Å²) in [6, 6.07) is 0.238. The topological polar surface area (TPSA) is 91.4 Å². The molecular weight excluding hydrogens is 376 g/mol. The van der Waals surface area contributed by atoms with Gasteiger partial charge in [-0.15, -0.1) is 11.3 Å². The SMILES string of the molecule is Cc1csc(NC(=O)CCC(=O)N(CCC(C)C)CC(=O)NC2CCCC2)n1. The standard InChI is InChI=1S/C20H32N4O3S/c1-14(2)10-11-24(12-18(26)22-16-6-4-5-7-16)19(27)9-8-17(25)23-20-21-15(3)13-28-20/h13-14,16H,4-12H2,1-3H3,(H,22,26)(H,21,23,25). The number of aromatic nitrogens is 1. The van der Waals surface area contributed by atoms with Gasteiger partial charge in [0.15, 0.2) is 5.13 Å². The lowest BCUT2D eigenvalue weighted by atomic mass is 10.1. The molecule has 0 spiro atoms. The monoisotopic (exact) mass is 408 g/mol. The minimum Gasteiger partial charge on any atom is -0.352 e. The van der Waals surface area contributed by atoms with Gasteiger partial charge in [-0.05, 0) is 32.1 Å². The van der Waals surface area contributed by atoms with Gasteiger partial charge in [0.1, 0.15) is 0 Å². The number of nitrogens with one attached hydrogen (secondary N) is 2. The van der Waals surface area contributed by atoms with Gasteiger partial charge in [-0.3, -0.25) is 14.4 Å². The molecule has 0 atom stereocenters. The molecule has 1 aromatic heterocycles. The Bertz CT molecular complexity index is 668. The van der Waals surface area contributed by atoms with Crippen LogP contribution in [0.3, 0.4) is 0 Å². The fourth-order valence-electron chi connectivity index (χ4n) is 3.19. The predicted octanol–water partition coefficient (Wildman–Crippen LogP) is 3.10. The fraction of sp³-hybridized carbons (Fsp3) is 0.700. The molecule has 0 aromatic carbocycles. The summed E-state index contributed by atoms with van der Waals surface area (Å²) in [5.74, 6) is -0.0639. The molecule has 1 saturated carbocycles. The zero-order valence-corrected chi connectivity index (χ0v) is 17.9. The molecule has 156 valence electrons. The molecule has 0 bridgehead atoms. The second-order valence-corrected chi connectivity index (χ2v) is 8.75. The number of amides is 3. The molecule has 28 heavy (non-hydrogen) atoms. The van der Waals surface area contributed by atoms with Gasteiger partial charge in [0, 0.05) is 30.8 Å². The number of aryl methyl sites for hydroxylation is 1. The molecule has 3 amide bonds. The van der Waals surface area contributed by atoms with Crippen LogP contribution in [0, 0.1) is 12.8 Å². The predicted molar refractivity (Wildman–Crippen MR) is 111 cm³/mol. The third-order valence-corrected chi connectivity index (χ3v) is 5.69. The van der Waals surface area contributed by atoms with Crippen molar-refractivity contribution in [1.29, 1.82) is 0 Å². The molecule has 0 unspecified atom stereocenters. The third kappa shape index (κ3) is 7.96. The first-order valence-corrected chi connectivity index (χ1v) is 11.0. The highest BCUT2D eigenvalue weighted by Crippen LogP contribution is 2.18. The maximum Gasteiger partial charge on any atom is 0.239 e. The van der Waals surface area contributed by atoms with Crippen LogP contribution in [0.4, 0.5) is 5.13 Å². The Balaban J connectivity index is 1.82. The summed E-state index contributed by atoms with van der Waals surface area (Å²) in [6.07, 6.45) is 5.32. The van der Waals surface area contributed by atoms with E-state index in [0.29, 0.717) is 17.6 Å².